The van der Waals surface area contributed by atoms with E-state index in [2.05, 4.69) is 37.9 Å². The van der Waals surface area contributed by atoms with Gasteiger partial charge in [0, 0.05) is 17.6 Å². The number of benzene rings is 1. The highest BCUT2D eigenvalue weighted by atomic mass is 127. The number of rotatable bonds is 2. The molecule has 4 nitrogen and oxygen atoms in total. The molecule has 0 unspecified atom stereocenters. The molecule has 76 valence electrons. The van der Waals surface area contributed by atoms with Gasteiger partial charge in [-0.1, -0.05) is 6.07 Å². The van der Waals surface area contributed by atoms with Gasteiger partial charge in [0.15, 0.2) is 0 Å². The first-order chi connectivity index (χ1) is 7.25. The Balaban J connectivity index is 2.26. The first kappa shape index (κ1) is 10.2. The number of halogens is 1. The van der Waals surface area contributed by atoms with Crippen LogP contribution in [0.3, 0.4) is 0 Å². The first-order valence-electron chi connectivity index (χ1n) is 4.34. The van der Waals surface area contributed by atoms with E-state index in [9.17, 15) is 0 Å². The van der Waals surface area contributed by atoms with Gasteiger partial charge in [-0.25, -0.2) is 9.97 Å². The molecule has 0 saturated heterocycles. The molecule has 0 aliphatic carbocycles. The van der Waals surface area contributed by atoms with Crippen molar-refractivity contribution < 1.29 is 0 Å². The Morgan fingerprint density at radius 2 is 2.20 bits per heavy atom. The Hall–Kier alpha value is -1.37. The van der Waals surface area contributed by atoms with Crippen LogP contribution >= 0.6 is 22.6 Å². The minimum atomic E-state index is 0.726. The standard InChI is InChI=1S/C10H9IN4/c11-9-5-13-6-14-10(9)15-8-3-1-2-7(12)4-8/h1-6H,12H2,(H,13,14,15). The van der Waals surface area contributed by atoms with E-state index in [0.29, 0.717) is 0 Å². The lowest BCUT2D eigenvalue weighted by molar-refractivity contribution is 1.15. The monoisotopic (exact) mass is 312 g/mol. The highest BCUT2D eigenvalue weighted by molar-refractivity contribution is 14.1. The van der Waals surface area contributed by atoms with Crippen LogP contribution in [0, 0.1) is 3.57 Å². The number of nitrogen functional groups attached to an aromatic ring is 1. The lowest BCUT2D eigenvalue weighted by Crippen LogP contribution is -1.97. The maximum Gasteiger partial charge on any atom is 0.147 e. The van der Waals surface area contributed by atoms with Gasteiger partial charge in [0.1, 0.15) is 12.1 Å². The number of anilines is 3. The predicted molar refractivity (Wildman–Crippen MR) is 68.9 cm³/mol. The first-order valence-corrected chi connectivity index (χ1v) is 5.41. The molecule has 15 heavy (non-hydrogen) atoms. The van der Waals surface area contributed by atoms with E-state index in [-0.39, 0.29) is 0 Å². The molecule has 1 heterocycles. The molecule has 3 N–H and O–H groups in total. The lowest BCUT2D eigenvalue weighted by atomic mass is 10.3. The van der Waals surface area contributed by atoms with Crippen LogP contribution in [-0.2, 0) is 0 Å². The summed E-state index contributed by atoms with van der Waals surface area (Å²) in [5.41, 5.74) is 7.32. The zero-order valence-electron chi connectivity index (χ0n) is 7.81. The van der Waals surface area contributed by atoms with Gasteiger partial charge in [0.05, 0.1) is 3.57 Å². The highest BCUT2D eigenvalue weighted by Gasteiger charge is 2.00. The number of nitrogens with zero attached hydrogens (tertiary/aromatic N) is 2. The fraction of sp³-hybridized carbons (Fsp3) is 0. The highest BCUT2D eigenvalue weighted by Crippen LogP contribution is 2.20. The van der Waals surface area contributed by atoms with Crippen molar-refractivity contribution in [2.24, 2.45) is 0 Å². The number of hydrogen-bond acceptors (Lipinski definition) is 4. The van der Waals surface area contributed by atoms with E-state index in [1.165, 1.54) is 6.33 Å². The van der Waals surface area contributed by atoms with E-state index < -0.39 is 0 Å². The molecule has 0 aliphatic rings. The van der Waals surface area contributed by atoms with E-state index >= 15 is 0 Å². The summed E-state index contributed by atoms with van der Waals surface area (Å²) in [7, 11) is 0. The van der Waals surface area contributed by atoms with Crippen molar-refractivity contribution >= 4 is 39.8 Å². The Morgan fingerprint density at radius 1 is 1.33 bits per heavy atom. The average Bonchev–Trinajstić information content (AvgIpc) is 2.22. The van der Waals surface area contributed by atoms with Crippen LogP contribution in [0.5, 0.6) is 0 Å². The Bertz CT molecular complexity index is 472. The van der Waals surface area contributed by atoms with Crippen LogP contribution in [0.25, 0.3) is 0 Å². The summed E-state index contributed by atoms with van der Waals surface area (Å²) in [6.07, 6.45) is 3.26. The maximum atomic E-state index is 5.68. The van der Waals surface area contributed by atoms with Gasteiger partial charge in [-0.2, -0.15) is 0 Å². The van der Waals surface area contributed by atoms with Gasteiger partial charge in [0.2, 0.25) is 0 Å². The molecule has 0 atom stereocenters. The topological polar surface area (TPSA) is 63.8 Å². The van der Waals surface area contributed by atoms with Crippen LogP contribution in [0.1, 0.15) is 0 Å². The minimum Gasteiger partial charge on any atom is -0.399 e. The third kappa shape index (κ3) is 2.56. The fourth-order valence-electron chi connectivity index (χ4n) is 1.16. The van der Waals surface area contributed by atoms with Crippen molar-refractivity contribution in [1.82, 2.24) is 9.97 Å². The molecule has 0 bridgehead atoms. The average molecular weight is 312 g/mol. The van der Waals surface area contributed by atoms with Crippen LogP contribution in [0.15, 0.2) is 36.8 Å². The van der Waals surface area contributed by atoms with E-state index in [1.54, 1.807) is 6.20 Å². The van der Waals surface area contributed by atoms with E-state index in [4.69, 9.17) is 5.73 Å². The van der Waals surface area contributed by atoms with Gasteiger partial charge in [-0.15, -0.1) is 0 Å². The summed E-state index contributed by atoms with van der Waals surface area (Å²) in [4.78, 5) is 8.05. The third-order valence-electron chi connectivity index (χ3n) is 1.82. The second kappa shape index (κ2) is 4.43. The fourth-order valence-corrected chi connectivity index (χ4v) is 1.59. The molecule has 0 aliphatic heterocycles. The summed E-state index contributed by atoms with van der Waals surface area (Å²) in [6, 6.07) is 7.54. The van der Waals surface area contributed by atoms with E-state index in [1.807, 2.05) is 24.3 Å². The molecule has 2 rings (SSSR count). The maximum absolute atomic E-state index is 5.68. The Kier molecular flexibility index (Phi) is 3.00. The third-order valence-corrected chi connectivity index (χ3v) is 2.61. The van der Waals surface area contributed by atoms with Crippen molar-refractivity contribution in [3.05, 3.63) is 40.4 Å². The molecule has 0 spiro atoms. The number of hydrogen-bond donors (Lipinski definition) is 2. The molecule has 2 aromatic rings. The van der Waals surface area contributed by atoms with Gasteiger partial charge < -0.3 is 11.1 Å². The summed E-state index contributed by atoms with van der Waals surface area (Å²) >= 11 is 2.18. The van der Waals surface area contributed by atoms with Gasteiger partial charge in [0.25, 0.3) is 0 Å². The van der Waals surface area contributed by atoms with Crippen molar-refractivity contribution in [2.45, 2.75) is 0 Å². The Morgan fingerprint density at radius 3 is 2.93 bits per heavy atom. The van der Waals surface area contributed by atoms with Gasteiger partial charge in [-0.05, 0) is 40.8 Å². The molecule has 0 fully saturated rings. The predicted octanol–water partition coefficient (Wildman–Crippen LogP) is 2.41. The zero-order valence-corrected chi connectivity index (χ0v) is 9.97. The number of nitrogens with one attached hydrogen (secondary N) is 1. The smallest absolute Gasteiger partial charge is 0.147 e. The quantitative estimate of drug-likeness (QED) is 0.660. The molecular formula is C10H9IN4. The summed E-state index contributed by atoms with van der Waals surface area (Å²) in [6.45, 7) is 0. The van der Waals surface area contributed by atoms with Gasteiger partial charge in [-0.3, -0.25) is 0 Å². The van der Waals surface area contributed by atoms with Crippen LogP contribution < -0.4 is 11.1 Å². The molecule has 5 heteroatoms. The molecule has 0 amide bonds. The summed E-state index contributed by atoms with van der Waals surface area (Å²) in [5, 5.41) is 3.17. The lowest BCUT2D eigenvalue weighted by Gasteiger charge is -2.06. The molecule has 0 radical (unpaired) electrons. The van der Waals surface area contributed by atoms with Crippen molar-refractivity contribution in [3.8, 4) is 0 Å². The Labute approximate surface area is 101 Å². The second-order valence-corrected chi connectivity index (χ2v) is 4.13. The van der Waals surface area contributed by atoms with Gasteiger partial charge >= 0.3 is 0 Å². The van der Waals surface area contributed by atoms with Crippen LogP contribution in [-0.4, -0.2) is 9.97 Å². The summed E-state index contributed by atoms with van der Waals surface area (Å²) < 4.78 is 0.970. The normalized spacial score (nSPS) is 9.93. The van der Waals surface area contributed by atoms with Crippen molar-refractivity contribution in [2.75, 3.05) is 11.1 Å². The number of nitrogens with two attached hydrogens (primary N) is 1. The molecule has 0 saturated carbocycles. The molecule has 1 aromatic heterocycles. The van der Waals surface area contributed by atoms with E-state index in [0.717, 1.165) is 20.8 Å². The molecule has 1 aromatic carbocycles. The van der Waals surface area contributed by atoms with Crippen LogP contribution in [0.4, 0.5) is 17.2 Å². The van der Waals surface area contributed by atoms with Crippen molar-refractivity contribution in [1.29, 1.82) is 0 Å². The molecular weight excluding hydrogens is 303 g/mol. The largest absolute Gasteiger partial charge is 0.399 e. The van der Waals surface area contributed by atoms with Crippen molar-refractivity contribution in [3.63, 3.8) is 0 Å². The second-order valence-electron chi connectivity index (χ2n) is 2.97. The zero-order chi connectivity index (χ0) is 10.7. The number of aromatic nitrogens is 2. The summed E-state index contributed by atoms with van der Waals surface area (Å²) in [5.74, 6) is 0.788. The van der Waals surface area contributed by atoms with Crippen LogP contribution in [0.2, 0.25) is 0 Å². The SMILES string of the molecule is Nc1cccc(Nc2ncncc2I)c1. The minimum absolute atomic E-state index is 0.726.